The molecule has 2 N–H and O–H groups in total. The number of carbonyl (C=O) groups excluding carboxylic acids is 4. The molecule has 5 rings (SSSR count). The molecule has 2 aromatic carbocycles. The number of nitrogens with zero attached hydrogens (tertiary/aromatic N) is 1. The van der Waals surface area contributed by atoms with E-state index in [1.807, 2.05) is 0 Å². The maximum atomic E-state index is 12.1. The zero-order valence-corrected chi connectivity index (χ0v) is 16.6. The van der Waals surface area contributed by atoms with Crippen LogP contribution in [0.15, 0.2) is 78.9 Å². The lowest BCUT2D eigenvalue weighted by Crippen LogP contribution is -2.21. The minimum Gasteiger partial charge on any atom is -0.340 e. The molecule has 0 unspecified atom stereocenters. The fourth-order valence-electron chi connectivity index (χ4n) is 3.70. The predicted molar refractivity (Wildman–Crippen MR) is 119 cm³/mol. The number of benzene rings is 2. The van der Waals surface area contributed by atoms with Gasteiger partial charge in [0.05, 0.1) is 11.4 Å². The fourth-order valence-corrected chi connectivity index (χ4v) is 3.70. The van der Waals surface area contributed by atoms with Gasteiger partial charge in [-0.2, -0.15) is 0 Å². The lowest BCUT2D eigenvalue weighted by atomic mass is 9.93. The third-order valence-electron chi connectivity index (χ3n) is 5.20. The summed E-state index contributed by atoms with van der Waals surface area (Å²) in [4.78, 5) is 53.0. The molecule has 154 valence electrons. The molecule has 32 heavy (non-hydrogen) atoms. The van der Waals surface area contributed by atoms with E-state index in [2.05, 4.69) is 15.6 Å². The van der Waals surface area contributed by atoms with Crippen LogP contribution in [0.4, 0.5) is 11.6 Å². The van der Waals surface area contributed by atoms with Crippen molar-refractivity contribution < 1.29 is 19.2 Å². The maximum Gasteiger partial charge on any atom is 0.233 e. The lowest BCUT2D eigenvalue weighted by molar-refractivity contribution is -0.111. The average Bonchev–Trinajstić information content (AvgIpc) is 2.81. The molecule has 0 fully saturated rings. The summed E-state index contributed by atoms with van der Waals surface area (Å²) < 4.78 is 0. The van der Waals surface area contributed by atoms with Gasteiger partial charge in [-0.15, -0.1) is 0 Å². The molecule has 0 spiro atoms. The molecular formula is C25H15N3O4. The van der Waals surface area contributed by atoms with Crippen LogP contribution in [-0.4, -0.2) is 28.1 Å². The van der Waals surface area contributed by atoms with E-state index in [-0.39, 0.29) is 0 Å². The van der Waals surface area contributed by atoms with Gasteiger partial charge in [0.25, 0.3) is 0 Å². The highest BCUT2D eigenvalue weighted by atomic mass is 16.2. The number of carbonyl (C=O) groups is 4. The highest BCUT2D eigenvalue weighted by molar-refractivity contribution is 6.51. The van der Waals surface area contributed by atoms with E-state index < -0.39 is 23.1 Å². The summed E-state index contributed by atoms with van der Waals surface area (Å²) in [6.07, 6.45) is 2.52. The average molecular weight is 421 g/mol. The Morgan fingerprint density at radius 1 is 0.500 bits per heavy atom. The van der Waals surface area contributed by atoms with Gasteiger partial charge < -0.3 is 10.6 Å². The second kappa shape index (κ2) is 7.55. The first-order chi connectivity index (χ1) is 15.5. The van der Waals surface area contributed by atoms with E-state index in [4.69, 9.17) is 0 Å². The first kappa shape index (κ1) is 19.3. The normalized spacial score (nSPS) is 14.9. The molecule has 0 amide bonds. The van der Waals surface area contributed by atoms with Gasteiger partial charge in [0, 0.05) is 34.4 Å². The molecule has 3 aromatic rings. The van der Waals surface area contributed by atoms with Gasteiger partial charge in [-0.05, 0) is 12.1 Å². The largest absolute Gasteiger partial charge is 0.340 e. The van der Waals surface area contributed by atoms with Crippen LogP contribution in [0.2, 0.25) is 0 Å². The Labute approximate surface area is 182 Å². The molecule has 7 heteroatoms. The van der Waals surface area contributed by atoms with E-state index in [0.717, 1.165) is 0 Å². The lowest BCUT2D eigenvalue weighted by Gasteiger charge is -2.19. The standard InChI is InChI=1S/C25H15N3O4/c29-20-12-18(14-6-1-3-8-16(14)24(20)31)26-22-10-5-11-23(28-22)27-19-13-21(30)25(32)17-9-4-2-7-15(17)19/h1-13H,(H2,26,27,28). The number of rotatable bonds is 4. The van der Waals surface area contributed by atoms with Crippen molar-refractivity contribution in [3.63, 3.8) is 0 Å². The van der Waals surface area contributed by atoms with Crippen LogP contribution < -0.4 is 10.6 Å². The van der Waals surface area contributed by atoms with Crippen LogP contribution in [0.25, 0.3) is 11.4 Å². The zero-order valence-electron chi connectivity index (χ0n) is 16.6. The monoisotopic (exact) mass is 421 g/mol. The van der Waals surface area contributed by atoms with Crippen LogP contribution in [0.1, 0.15) is 31.8 Å². The number of fused-ring (bicyclic) bond motifs is 2. The number of aromatic nitrogens is 1. The van der Waals surface area contributed by atoms with Crippen LogP contribution in [0.3, 0.4) is 0 Å². The fraction of sp³-hybridized carbons (Fsp3) is 0. The van der Waals surface area contributed by atoms with Crippen LogP contribution >= 0.6 is 0 Å². The molecule has 0 bridgehead atoms. The Kier molecular flexibility index (Phi) is 4.56. The number of pyridine rings is 1. The van der Waals surface area contributed by atoms with Crippen molar-refractivity contribution in [1.29, 1.82) is 0 Å². The smallest absolute Gasteiger partial charge is 0.233 e. The van der Waals surface area contributed by atoms with Gasteiger partial charge in [-0.3, -0.25) is 19.2 Å². The van der Waals surface area contributed by atoms with Crippen molar-refractivity contribution in [3.8, 4) is 0 Å². The summed E-state index contributed by atoms with van der Waals surface area (Å²) in [5.74, 6) is -1.43. The first-order valence-corrected chi connectivity index (χ1v) is 9.82. The molecular weight excluding hydrogens is 406 g/mol. The number of hydrogen-bond donors (Lipinski definition) is 2. The minimum atomic E-state index is -0.604. The predicted octanol–water partition coefficient (Wildman–Crippen LogP) is 3.52. The van der Waals surface area contributed by atoms with Crippen molar-refractivity contribution in [2.75, 3.05) is 10.6 Å². The summed E-state index contributed by atoms with van der Waals surface area (Å²) in [6, 6.07) is 18.9. The molecule has 7 nitrogen and oxygen atoms in total. The van der Waals surface area contributed by atoms with Gasteiger partial charge in [-0.1, -0.05) is 54.6 Å². The van der Waals surface area contributed by atoms with Gasteiger partial charge in [0.2, 0.25) is 23.1 Å². The van der Waals surface area contributed by atoms with Crippen molar-refractivity contribution in [2.45, 2.75) is 0 Å². The van der Waals surface area contributed by atoms with Crippen LogP contribution in [0.5, 0.6) is 0 Å². The molecule has 1 heterocycles. The third-order valence-corrected chi connectivity index (χ3v) is 5.20. The van der Waals surface area contributed by atoms with Crippen molar-refractivity contribution in [3.05, 3.63) is 101 Å². The van der Waals surface area contributed by atoms with E-state index in [1.54, 1.807) is 66.7 Å². The van der Waals surface area contributed by atoms with E-state index in [9.17, 15) is 19.2 Å². The highest BCUT2D eigenvalue weighted by Gasteiger charge is 2.27. The second-order valence-electron chi connectivity index (χ2n) is 7.25. The number of allylic oxidation sites excluding steroid dienone is 2. The summed E-state index contributed by atoms with van der Waals surface area (Å²) >= 11 is 0. The number of Topliss-reactive ketones (excluding diaryl/α,β-unsaturated/α-hetero) is 2. The second-order valence-corrected chi connectivity index (χ2v) is 7.25. The molecule has 0 saturated heterocycles. The van der Waals surface area contributed by atoms with Gasteiger partial charge >= 0.3 is 0 Å². The summed E-state index contributed by atoms with van der Waals surface area (Å²) in [5, 5.41) is 6.19. The Balaban J connectivity index is 1.44. The molecule has 0 radical (unpaired) electrons. The van der Waals surface area contributed by atoms with Gasteiger partial charge in [0.15, 0.2) is 0 Å². The molecule has 2 aliphatic rings. The molecule has 0 aliphatic heterocycles. The molecule has 0 saturated carbocycles. The zero-order chi connectivity index (χ0) is 22.2. The van der Waals surface area contributed by atoms with Crippen LogP contribution in [-0.2, 0) is 9.59 Å². The van der Waals surface area contributed by atoms with E-state index >= 15 is 0 Å². The Morgan fingerprint density at radius 3 is 1.34 bits per heavy atom. The quantitative estimate of drug-likeness (QED) is 0.621. The Hall–Kier alpha value is -4.65. The summed E-state index contributed by atoms with van der Waals surface area (Å²) in [6.45, 7) is 0. The SMILES string of the molecule is O=C1C=C(Nc2cccc(NC3=CC(=O)C(=O)c4ccccc43)n2)c2ccccc2C1=O. The third kappa shape index (κ3) is 3.31. The summed E-state index contributed by atoms with van der Waals surface area (Å²) in [5.41, 5.74) is 2.85. The van der Waals surface area contributed by atoms with Gasteiger partial charge in [-0.25, -0.2) is 4.98 Å². The number of anilines is 2. The maximum absolute atomic E-state index is 12.1. The molecule has 0 atom stereocenters. The topological polar surface area (TPSA) is 105 Å². The number of ketones is 4. The first-order valence-electron chi connectivity index (χ1n) is 9.82. The van der Waals surface area contributed by atoms with Gasteiger partial charge in [0.1, 0.15) is 11.6 Å². The van der Waals surface area contributed by atoms with Crippen LogP contribution in [0, 0.1) is 0 Å². The molecule has 2 aliphatic carbocycles. The van der Waals surface area contributed by atoms with Crippen molar-refractivity contribution >= 4 is 46.2 Å². The minimum absolute atomic E-state index is 0.337. The van der Waals surface area contributed by atoms with E-state index in [1.165, 1.54) is 12.2 Å². The highest BCUT2D eigenvalue weighted by Crippen LogP contribution is 2.28. The Morgan fingerprint density at radius 2 is 0.906 bits per heavy atom. The van der Waals surface area contributed by atoms with Crippen molar-refractivity contribution in [1.82, 2.24) is 4.98 Å². The van der Waals surface area contributed by atoms with Crippen molar-refractivity contribution in [2.24, 2.45) is 0 Å². The molecule has 1 aromatic heterocycles. The van der Waals surface area contributed by atoms with E-state index in [0.29, 0.717) is 45.3 Å². The number of nitrogens with one attached hydrogen (secondary N) is 2. The number of hydrogen-bond acceptors (Lipinski definition) is 7. The summed E-state index contributed by atoms with van der Waals surface area (Å²) in [7, 11) is 0. The Bertz CT molecular complexity index is 1300.